The number of hydrogen-bond acceptors (Lipinski definition) is 1. The van der Waals surface area contributed by atoms with Crippen molar-refractivity contribution in [3.63, 3.8) is 0 Å². The van der Waals surface area contributed by atoms with E-state index < -0.39 is 0 Å². The smallest absolute Gasteiger partial charge is 0.156 e. The van der Waals surface area contributed by atoms with Gasteiger partial charge in [-0.25, -0.2) is 0 Å². The van der Waals surface area contributed by atoms with Crippen molar-refractivity contribution >= 4 is 5.78 Å². The van der Waals surface area contributed by atoms with Crippen LogP contribution in [0.4, 0.5) is 0 Å². The van der Waals surface area contributed by atoms with Crippen LogP contribution in [0.2, 0.25) is 0 Å². The quantitative estimate of drug-likeness (QED) is 0.454. The van der Waals surface area contributed by atoms with E-state index in [0.29, 0.717) is 34.9 Å². The fourth-order valence-corrected chi connectivity index (χ4v) is 6.91. The molecule has 4 unspecified atom stereocenters. The number of ketones is 1. The van der Waals surface area contributed by atoms with Crippen LogP contribution < -0.4 is 0 Å². The summed E-state index contributed by atoms with van der Waals surface area (Å²) in [4.78, 5) is 12.0. The zero-order chi connectivity index (χ0) is 21.0. The zero-order valence-corrected chi connectivity index (χ0v) is 19.4. The maximum absolute atomic E-state index is 12.0. The molecule has 0 aromatic carbocycles. The third kappa shape index (κ3) is 3.33. The lowest BCUT2D eigenvalue weighted by Gasteiger charge is -2.51. The lowest BCUT2D eigenvalue weighted by molar-refractivity contribution is -0.116. The summed E-state index contributed by atoms with van der Waals surface area (Å²) in [6.45, 7) is 14.4. The van der Waals surface area contributed by atoms with Gasteiger partial charge in [0.25, 0.3) is 0 Å². The van der Waals surface area contributed by atoms with Crippen molar-refractivity contribution in [1.29, 1.82) is 0 Å². The van der Waals surface area contributed by atoms with Gasteiger partial charge in [0.1, 0.15) is 0 Å². The van der Waals surface area contributed by atoms with E-state index in [0.717, 1.165) is 18.8 Å². The molecule has 4 aliphatic rings. The number of fused-ring (bicyclic) bond motifs is 4. The summed E-state index contributed by atoms with van der Waals surface area (Å²) in [6.07, 6.45) is 18.5. The third-order valence-electron chi connectivity index (χ3n) is 9.37. The average Bonchev–Trinajstić information content (AvgIpc) is 3.03. The van der Waals surface area contributed by atoms with Gasteiger partial charge in [-0.1, -0.05) is 71.4 Å². The summed E-state index contributed by atoms with van der Waals surface area (Å²) in [7, 11) is 0. The van der Waals surface area contributed by atoms with Crippen molar-refractivity contribution in [1.82, 2.24) is 0 Å². The molecule has 0 radical (unpaired) electrons. The Morgan fingerprint density at radius 3 is 2.45 bits per heavy atom. The molecule has 0 aromatic heterocycles. The number of carbonyl (C=O) groups excluding carboxylic acids is 1. The summed E-state index contributed by atoms with van der Waals surface area (Å²) in [6, 6.07) is 0. The second-order valence-electron chi connectivity index (χ2n) is 11.3. The summed E-state index contributed by atoms with van der Waals surface area (Å²) < 4.78 is 0. The molecule has 0 aromatic rings. The summed E-state index contributed by atoms with van der Waals surface area (Å²) in [5.74, 6) is 3.69. The molecule has 0 heterocycles. The van der Waals surface area contributed by atoms with Gasteiger partial charge in [-0.2, -0.15) is 0 Å². The molecule has 29 heavy (non-hydrogen) atoms. The molecule has 0 N–H and O–H groups in total. The Morgan fingerprint density at radius 1 is 0.966 bits per heavy atom. The molecular formula is C28H40O. The molecule has 0 spiro atoms. The van der Waals surface area contributed by atoms with Crippen LogP contribution >= 0.6 is 0 Å². The SMILES string of the molecule is CC(C)C(C)C=CC(C)C1CCC2=C3C=CC4=CC(=O)CC[C@]4(C)C3CC[C@@]21C. The van der Waals surface area contributed by atoms with Crippen molar-refractivity contribution in [3.8, 4) is 0 Å². The molecule has 1 fully saturated rings. The van der Waals surface area contributed by atoms with Crippen LogP contribution in [0.3, 0.4) is 0 Å². The van der Waals surface area contributed by atoms with Crippen molar-refractivity contribution in [2.45, 2.75) is 80.1 Å². The first-order valence-corrected chi connectivity index (χ1v) is 12.0. The van der Waals surface area contributed by atoms with E-state index in [9.17, 15) is 4.79 Å². The van der Waals surface area contributed by atoms with Crippen LogP contribution in [0, 0.1) is 40.4 Å². The topological polar surface area (TPSA) is 17.1 Å². The van der Waals surface area contributed by atoms with Crippen molar-refractivity contribution in [2.24, 2.45) is 40.4 Å². The third-order valence-corrected chi connectivity index (χ3v) is 9.37. The summed E-state index contributed by atoms with van der Waals surface area (Å²) in [5, 5.41) is 0. The lowest BCUT2D eigenvalue weighted by Crippen LogP contribution is -2.41. The molecule has 4 rings (SSSR count). The highest BCUT2D eigenvalue weighted by Crippen LogP contribution is 2.63. The molecule has 158 valence electrons. The number of rotatable bonds is 4. The Hall–Kier alpha value is -1.37. The highest BCUT2D eigenvalue weighted by molar-refractivity contribution is 5.92. The first-order valence-electron chi connectivity index (χ1n) is 12.0. The van der Waals surface area contributed by atoms with Crippen LogP contribution in [0.5, 0.6) is 0 Å². The zero-order valence-electron chi connectivity index (χ0n) is 19.4. The monoisotopic (exact) mass is 392 g/mol. The Morgan fingerprint density at radius 2 is 1.72 bits per heavy atom. The van der Waals surface area contributed by atoms with Gasteiger partial charge in [0.15, 0.2) is 5.78 Å². The molecule has 0 bridgehead atoms. The van der Waals surface area contributed by atoms with Crippen LogP contribution in [0.25, 0.3) is 0 Å². The predicted octanol–water partition coefficient (Wildman–Crippen LogP) is 7.46. The van der Waals surface area contributed by atoms with Gasteiger partial charge in [-0.15, -0.1) is 0 Å². The van der Waals surface area contributed by atoms with Gasteiger partial charge in [-0.05, 0) is 89.7 Å². The minimum atomic E-state index is 0.169. The van der Waals surface area contributed by atoms with Crippen LogP contribution in [0.15, 0.2) is 47.1 Å². The Bertz CT molecular complexity index is 806. The van der Waals surface area contributed by atoms with Gasteiger partial charge in [0.2, 0.25) is 0 Å². The van der Waals surface area contributed by atoms with Gasteiger partial charge in [0, 0.05) is 6.42 Å². The minimum Gasteiger partial charge on any atom is -0.295 e. The maximum Gasteiger partial charge on any atom is 0.156 e. The van der Waals surface area contributed by atoms with Gasteiger partial charge >= 0.3 is 0 Å². The van der Waals surface area contributed by atoms with E-state index in [1.165, 1.54) is 31.3 Å². The maximum atomic E-state index is 12.0. The van der Waals surface area contributed by atoms with E-state index in [1.807, 2.05) is 6.08 Å². The van der Waals surface area contributed by atoms with Crippen LogP contribution in [-0.4, -0.2) is 5.78 Å². The van der Waals surface area contributed by atoms with Crippen molar-refractivity contribution < 1.29 is 4.79 Å². The van der Waals surface area contributed by atoms with E-state index in [1.54, 1.807) is 11.1 Å². The molecule has 1 heteroatoms. The minimum absolute atomic E-state index is 0.169. The average molecular weight is 393 g/mol. The molecule has 6 atom stereocenters. The predicted molar refractivity (Wildman–Crippen MR) is 122 cm³/mol. The molecule has 1 saturated carbocycles. The van der Waals surface area contributed by atoms with E-state index >= 15 is 0 Å². The van der Waals surface area contributed by atoms with Crippen LogP contribution in [0.1, 0.15) is 80.1 Å². The first kappa shape index (κ1) is 20.9. The van der Waals surface area contributed by atoms with Crippen molar-refractivity contribution in [2.75, 3.05) is 0 Å². The second kappa shape index (κ2) is 7.40. The molecule has 0 amide bonds. The van der Waals surface area contributed by atoms with Gasteiger partial charge in [0.05, 0.1) is 0 Å². The van der Waals surface area contributed by atoms with Crippen molar-refractivity contribution in [3.05, 3.63) is 47.1 Å². The highest BCUT2D eigenvalue weighted by atomic mass is 16.1. The molecule has 1 nitrogen and oxygen atoms in total. The molecular weight excluding hydrogens is 352 g/mol. The fourth-order valence-electron chi connectivity index (χ4n) is 6.91. The number of allylic oxidation sites excluding steroid dienone is 8. The van der Waals surface area contributed by atoms with E-state index in [-0.39, 0.29) is 5.41 Å². The first-order chi connectivity index (χ1) is 13.7. The normalized spacial score (nSPS) is 38.7. The standard InChI is InChI=1S/C28H40O/c1-18(2)19(3)7-8-20(4)24-11-12-25-23-10-9-21-17-22(29)13-15-27(21,5)26(23)14-16-28(24,25)6/h7-10,17-20,24,26H,11-16H2,1-6H3/t19?,20?,24?,26?,27-,28+/m0/s1. The molecule has 0 saturated heterocycles. The lowest BCUT2D eigenvalue weighted by atomic mass is 9.53. The van der Waals surface area contributed by atoms with Gasteiger partial charge < -0.3 is 0 Å². The summed E-state index contributed by atoms with van der Waals surface area (Å²) in [5.41, 5.74) is 5.21. The van der Waals surface area contributed by atoms with Crippen LogP contribution in [-0.2, 0) is 4.79 Å². The Labute approximate surface area is 178 Å². The molecule has 4 aliphatic carbocycles. The Balaban J connectivity index is 1.65. The Kier molecular flexibility index (Phi) is 5.33. The van der Waals surface area contributed by atoms with E-state index in [4.69, 9.17) is 0 Å². The largest absolute Gasteiger partial charge is 0.295 e. The second-order valence-corrected chi connectivity index (χ2v) is 11.3. The number of hydrogen-bond donors (Lipinski definition) is 0. The summed E-state index contributed by atoms with van der Waals surface area (Å²) >= 11 is 0. The highest BCUT2D eigenvalue weighted by Gasteiger charge is 2.53. The number of carbonyl (C=O) groups is 1. The van der Waals surface area contributed by atoms with E-state index in [2.05, 4.69) is 65.8 Å². The van der Waals surface area contributed by atoms with Gasteiger partial charge in [-0.3, -0.25) is 4.79 Å². The fraction of sp³-hybridized carbons (Fsp3) is 0.679. The molecule has 0 aliphatic heterocycles.